The molecule has 0 fully saturated rings. The Labute approximate surface area is 129 Å². The Hall–Kier alpha value is -1.38. The number of likely N-dealkylation sites (N-methyl/N-ethyl adjacent to an activating group) is 1. The number of allylic oxidation sites excluding steroid dienone is 2. The summed E-state index contributed by atoms with van der Waals surface area (Å²) in [4.78, 5) is 2.23. The van der Waals surface area contributed by atoms with Crippen LogP contribution in [-0.2, 0) is 6.54 Å². The highest BCUT2D eigenvalue weighted by Crippen LogP contribution is 2.31. The van der Waals surface area contributed by atoms with Crippen LogP contribution in [-0.4, -0.2) is 31.1 Å². The first-order valence-electron chi connectivity index (χ1n) is 7.67. The van der Waals surface area contributed by atoms with Gasteiger partial charge in [-0.25, -0.2) is 5.32 Å². The molecule has 1 aliphatic carbocycles. The Morgan fingerprint density at radius 2 is 1.86 bits per heavy atom. The number of rotatable bonds is 5. The summed E-state index contributed by atoms with van der Waals surface area (Å²) in [6.45, 7) is 8.26. The van der Waals surface area contributed by atoms with E-state index in [2.05, 4.69) is 76.2 Å². The van der Waals surface area contributed by atoms with Gasteiger partial charge in [-0.2, -0.15) is 0 Å². The summed E-state index contributed by atoms with van der Waals surface area (Å²) in [5.74, 6) is 0. The van der Waals surface area contributed by atoms with Gasteiger partial charge in [0.15, 0.2) is 0 Å². The third-order valence-corrected chi connectivity index (χ3v) is 3.58. The molecule has 2 nitrogen and oxygen atoms in total. The molecular weight excluding hydrogens is 256 g/mol. The quantitative estimate of drug-likeness (QED) is 0.802. The van der Waals surface area contributed by atoms with Crippen molar-refractivity contribution in [3.05, 3.63) is 53.1 Å². The van der Waals surface area contributed by atoms with Crippen molar-refractivity contribution < 1.29 is 0 Å². The molecule has 0 unspecified atom stereocenters. The normalized spacial score (nSPS) is 15.3. The summed E-state index contributed by atoms with van der Waals surface area (Å²) in [5.41, 5.74) is 5.61. The molecule has 0 aliphatic heterocycles. The van der Waals surface area contributed by atoms with E-state index in [-0.39, 0.29) is 5.54 Å². The van der Waals surface area contributed by atoms with E-state index in [9.17, 15) is 0 Å². The molecule has 0 bridgehead atoms. The van der Waals surface area contributed by atoms with Crippen molar-refractivity contribution in [1.29, 1.82) is 0 Å². The summed E-state index contributed by atoms with van der Waals surface area (Å²) >= 11 is 0. The molecule has 0 saturated carbocycles. The first-order chi connectivity index (χ1) is 9.87. The molecule has 0 spiro atoms. The minimum absolute atomic E-state index is 0.0158. The van der Waals surface area contributed by atoms with Crippen molar-refractivity contribution in [1.82, 2.24) is 10.2 Å². The maximum Gasteiger partial charge on any atom is 0.0396 e. The van der Waals surface area contributed by atoms with Crippen LogP contribution in [0.5, 0.6) is 0 Å². The van der Waals surface area contributed by atoms with Gasteiger partial charge in [0, 0.05) is 18.6 Å². The lowest BCUT2D eigenvalue weighted by molar-refractivity contribution is 0.413. The fraction of sp³-hybridized carbons (Fsp3) is 0.474. The number of hydrogen-bond donors (Lipinski definition) is 0. The van der Waals surface area contributed by atoms with Gasteiger partial charge in [0.05, 0.1) is 0 Å². The van der Waals surface area contributed by atoms with Crippen molar-refractivity contribution in [2.75, 3.05) is 20.6 Å². The fourth-order valence-corrected chi connectivity index (χ4v) is 2.60. The maximum atomic E-state index is 4.79. The second kappa shape index (κ2) is 6.59. The van der Waals surface area contributed by atoms with E-state index in [1.807, 2.05) is 0 Å². The molecule has 2 heteroatoms. The van der Waals surface area contributed by atoms with E-state index in [0.717, 1.165) is 19.5 Å². The molecule has 0 atom stereocenters. The van der Waals surface area contributed by atoms with Crippen molar-refractivity contribution in [3.8, 4) is 0 Å². The Morgan fingerprint density at radius 3 is 2.52 bits per heavy atom. The summed E-state index contributed by atoms with van der Waals surface area (Å²) in [6.07, 6.45) is 5.58. The monoisotopic (exact) mass is 283 g/mol. The van der Waals surface area contributed by atoms with Crippen molar-refractivity contribution >= 4 is 5.57 Å². The molecule has 2 rings (SSSR count). The van der Waals surface area contributed by atoms with E-state index >= 15 is 0 Å². The zero-order valence-electron chi connectivity index (χ0n) is 14.0. The third-order valence-electron chi connectivity index (χ3n) is 3.58. The van der Waals surface area contributed by atoms with Crippen LogP contribution in [0.15, 0.2) is 42.0 Å². The van der Waals surface area contributed by atoms with Crippen LogP contribution in [0.25, 0.3) is 5.57 Å². The fourth-order valence-electron chi connectivity index (χ4n) is 2.60. The van der Waals surface area contributed by atoms with Gasteiger partial charge in [-0.15, -0.1) is 0 Å². The standard InChI is InChI=1S/C19H27N2/c1-19(2,3)20-13-15-9-6-7-11-17(15)18-12-8-10-16(18)14-21(4)5/h6-11H,12-14H2,1-5H3. The largest absolute Gasteiger partial charge is 0.305 e. The molecule has 0 aromatic heterocycles. The molecule has 0 N–H and O–H groups in total. The van der Waals surface area contributed by atoms with E-state index < -0.39 is 0 Å². The molecule has 1 radical (unpaired) electrons. The van der Waals surface area contributed by atoms with Crippen LogP contribution in [0.4, 0.5) is 0 Å². The smallest absolute Gasteiger partial charge is 0.0396 e. The van der Waals surface area contributed by atoms with Gasteiger partial charge in [-0.3, -0.25) is 0 Å². The SMILES string of the molecule is CN(C)CC1=C(c2ccccc2C[N]C(C)(C)C)CC=C1. The molecular formula is C19H27N2. The predicted molar refractivity (Wildman–Crippen MR) is 91.3 cm³/mol. The lowest BCUT2D eigenvalue weighted by Gasteiger charge is -2.20. The molecule has 21 heavy (non-hydrogen) atoms. The number of hydrogen-bond acceptors (Lipinski definition) is 1. The van der Waals surface area contributed by atoms with Crippen LogP contribution in [0.3, 0.4) is 0 Å². The molecule has 1 aliphatic rings. The van der Waals surface area contributed by atoms with Gasteiger partial charge >= 0.3 is 0 Å². The first kappa shape index (κ1) is 16.0. The van der Waals surface area contributed by atoms with Gasteiger partial charge in [0.1, 0.15) is 0 Å². The van der Waals surface area contributed by atoms with Crippen LogP contribution >= 0.6 is 0 Å². The van der Waals surface area contributed by atoms with E-state index in [0.29, 0.717) is 0 Å². The molecule has 1 aromatic carbocycles. The Balaban J connectivity index is 2.27. The zero-order valence-corrected chi connectivity index (χ0v) is 14.0. The Morgan fingerprint density at radius 1 is 1.14 bits per heavy atom. The van der Waals surface area contributed by atoms with E-state index in [4.69, 9.17) is 5.32 Å². The molecule has 0 saturated heterocycles. The van der Waals surface area contributed by atoms with Crippen LogP contribution in [0.2, 0.25) is 0 Å². The van der Waals surface area contributed by atoms with Gasteiger partial charge in [0.2, 0.25) is 0 Å². The van der Waals surface area contributed by atoms with Crippen LogP contribution in [0.1, 0.15) is 38.3 Å². The Bertz CT molecular complexity index is 545. The molecule has 113 valence electrons. The highest BCUT2D eigenvalue weighted by Gasteiger charge is 2.17. The average molecular weight is 283 g/mol. The zero-order chi connectivity index (χ0) is 15.5. The summed E-state index contributed by atoms with van der Waals surface area (Å²) in [6, 6.07) is 8.70. The lowest BCUT2D eigenvalue weighted by Crippen LogP contribution is -2.28. The predicted octanol–water partition coefficient (Wildman–Crippen LogP) is 3.86. The molecule has 0 heterocycles. The van der Waals surface area contributed by atoms with Crippen molar-refractivity contribution in [2.24, 2.45) is 0 Å². The highest BCUT2D eigenvalue weighted by molar-refractivity contribution is 5.77. The van der Waals surface area contributed by atoms with Gasteiger partial charge in [-0.05, 0) is 63.6 Å². The van der Waals surface area contributed by atoms with Gasteiger partial charge in [0.25, 0.3) is 0 Å². The van der Waals surface area contributed by atoms with E-state index in [1.54, 1.807) is 0 Å². The summed E-state index contributed by atoms with van der Waals surface area (Å²) in [7, 11) is 4.25. The van der Waals surface area contributed by atoms with Gasteiger partial charge < -0.3 is 4.90 Å². The highest BCUT2D eigenvalue weighted by atomic mass is 15.0. The molecule has 1 aromatic rings. The average Bonchev–Trinajstić information content (AvgIpc) is 2.83. The topological polar surface area (TPSA) is 17.3 Å². The van der Waals surface area contributed by atoms with Gasteiger partial charge in [-0.1, -0.05) is 36.4 Å². The third kappa shape index (κ3) is 4.55. The van der Waals surface area contributed by atoms with Crippen molar-refractivity contribution in [3.63, 3.8) is 0 Å². The second-order valence-corrected chi connectivity index (χ2v) is 6.99. The van der Waals surface area contributed by atoms with Crippen molar-refractivity contribution in [2.45, 2.75) is 39.3 Å². The summed E-state index contributed by atoms with van der Waals surface area (Å²) < 4.78 is 0. The minimum Gasteiger partial charge on any atom is -0.305 e. The minimum atomic E-state index is 0.0158. The Kier molecular flexibility index (Phi) is 5.02. The lowest BCUT2D eigenvalue weighted by atomic mass is 9.95. The first-order valence-corrected chi connectivity index (χ1v) is 7.67. The number of nitrogens with zero attached hydrogens (tertiary/aromatic N) is 2. The molecule has 0 amide bonds. The number of benzene rings is 1. The van der Waals surface area contributed by atoms with Crippen LogP contribution in [0, 0.1) is 0 Å². The van der Waals surface area contributed by atoms with E-state index in [1.165, 1.54) is 22.3 Å². The summed E-state index contributed by atoms with van der Waals surface area (Å²) in [5, 5.41) is 4.79. The van der Waals surface area contributed by atoms with Crippen LogP contribution < -0.4 is 5.32 Å². The second-order valence-electron chi connectivity index (χ2n) is 6.99. The maximum absolute atomic E-state index is 4.79.